The van der Waals surface area contributed by atoms with E-state index in [1.807, 2.05) is 12.1 Å². The summed E-state index contributed by atoms with van der Waals surface area (Å²) < 4.78 is 23.5. The van der Waals surface area contributed by atoms with Crippen molar-refractivity contribution in [1.29, 1.82) is 0 Å². The molecule has 116 valence electrons. The van der Waals surface area contributed by atoms with Crippen LogP contribution in [-0.4, -0.2) is 18.0 Å². The lowest BCUT2D eigenvalue weighted by Crippen LogP contribution is -1.92. The molecule has 5 heteroatoms. The van der Waals surface area contributed by atoms with Crippen LogP contribution in [-0.2, 0) is 0 Å². The Morgan fingerprint density at radius 1 is 1.26 bits per heavy atom. The molecular weight excluding hydrogens is 299 g/mol. The van der Waals surface area contributed by atoms with E-state index < -0.39 is 11.6 Å². The van der Waals surface area contributed by atoms with E-state index in [0.29, 0.717) is 5.39 Å². The van der Waals surface area contributed by atoms with Gasteiger partial charge in [0, 0.05) is 11.5 Å². The van der Waals surface area contributed by atoms with Gasteiger partial charge in [0.05, 0.1) is 12.7 Å². The first-order valence-electron chi connectivity index (χ1n) is 6.84. The SMILES string of the molecule is COc1ccc(/C=C/C(=O)c2coc3cc(F)c(O)cc23)cc1. The maximum absolute atomic E-state index is 13.3. The van der Waals surface area contributed by atoms with E-state index in [2.05, 4.69) is 0 Å². The van der Waals surface area contributed by atoms with Crippen LogP contribution in [0.1, 0.15) is 15.9 Å². The number of methoxy groups -OCH3 is 1. The third-order valence-electron chi connectivity index (χ3n) is 3.45. The van der Waals surface area contributed by atoms with Crippen LogP contribution in [0.2, 0.25) is 0 Å². The van der Waals surface area contributed by atoms with Gasteiger partial charge in [-0.25, -0.2) is 4.39 Å². The van der Waals surface area contributed by atoms with Gasteiger partial charge in [-0.2, -0.15) is 0 Å². The largest absolute Gasteiger partial charge is 0.505 e. The Labute approximate surface area is 131 Å². The summed E-state index contributed by atoms with van der Waals surface area (Å²) in [7, 11) is 1.58. The van der Waals surface area contributed by atoms with E-state index in [1.165, 1.54) is 18.4 Å². The van der Waals surface area contributed by atoms with Gasteiger partial charge in [-0.05, 0) is 29.8 Å². The molecule has 0 unspecified atom stereocenters. The highest BCUT2D eigenvalue weighted by Gasteiger charge is 2.14. The van der Waals surface area contributed by atoms with Crippen LogP contribution in [0.3, 0.4) is 0 Å². The average Bonchev–Trinajstić information content (AvgIpc) is 2.96. The molecule has 3 rings (SSSR count). The molecule has 3 aromatic rings. The van der Waals surface area contributed by atoms with Crippen LogP contribution >= 0.6 is 0 Å². The lowest BCUT2D eigenvalue weighted by Gasteiger charge is -1.99. The summed E-state index contributed by atoms with van der Waals surface area (Å²) in [6.45, 7) is 0. The zero-order valence-corrected chi connectivity index (χ0v) is 12.2. The molecule has 0 bridgehead atoms. The molecule has 0 radical (unpaired) electrons. The zero-order valence-electron chi connectivity index (χ0n) is 12.2. The van der Waals surface area contributed by atoms with Crippen LogP contribution in [0.5, 0.6) is 11.5 Å². The van der Waals surface area contributed by atoms with Crippen molar-refractivity contribution in [3.05, 3.63) is 65.7 Å². The van der Waals surface area contributed by atoms with E-state index in [9.17, 15) is 14.3 Å². The molecule has 0 amide bonds. The molecule has 4 nitrogen and oxygen atoms in total. The number of phenolic OH excluding ortho intramolecular Hbond substituents is 1. The summed E-state index contributed by atoms with van der Waals surface area (Å²) in [6, 6.07) is 9.45. The number of ketones is 1. The number of carbonyl (C=O) groups is 1. The van der Waals surface area contributed by atoms with Crippen molar-refractivity contribution in [2.45, 2.75) is 0 Å². The minimum Gasteiger partial charge on any atom is -0.505 e. The third-order valence-corrected chi connectivity index (χ3v) is 3.45. The Hall–Kier alpha value is -3.08. The molecule has 2 aromatic carbocycles. The van der Waals surface area contributed by atoms with Crippen LogP contribution < -0.4 is 4.74 Å². The van der Waals surface area contributed by atoms with Gasteiger partial charge in [0.2, 0.25) is 0 Å². The second-order valence-corrected chi connectivity index (χ2v) is 4.92. The second kappa shape index (κ2) is 5.96. The number of fused-ring (bicyclic) bond motifs is 1. The fourth-order valence-corrected chi connectivity index (χ4v) is 2.20. The number of ether oxygens (including phenoxy) is 1. The minimum atomic E-state index is -0.792. The molecule has 0 aliphatic heterocycles. The van der Waals surface area contributed by atoms with Crippen molar-refractivity contribution in [2.75, 3.05) is 7.11 Å². The van der Waals surface area contributed by atoms with Gasteiger partial charge in [0.15, 0.2) is 17.3 Å². The maximum atomic E-state index is 13.3. The molecule has 0 aliphatic carbocycles. The zero-order chi connectivity index (χ0) is 16.4. The molecule has 0 saturated heterocycles. The summed E-state index contributed by atoms with van der Waals surface area (Å²) >= 11 is 0. The molecular formula is C18H13FO4. The van der Waals surface area contributed by atoms with Gasteiger partial charge in [-0.1, -0.05) is 18.2 Å². The predicted molar refractivity (Wildman–Crippen MR) is 84.2 cm³/mol. The van der Waals surface area contributed by atoms with Gasteiger partial charge >= 0.3 is 0 Å². The van der Waals surface area contributed by atoms with E-state index in [0.717, 1.165) is 17.4 Å². The van der Waals surface area contributed by atoms with Crippen LogP contribution in [0, 0.1) is 5.82 Å². The summed E-state index contributed by atoms with van der Waals surface area (Å²) in [5.41, 5.74) is 1.31. The summed E-state index contributed by atoms with van der Waals surface area (Å²) in [5.74, 6) is -0.885. The second-order valence-electron chi connectivity index (χ2n) is 4.92. The number of allylic oxidation sites excluding steroid dienone is 1. The number of phenols is 1. The fourth-order valence-electron chi connectivity index (χ4n) is 2.20. The predicted octanol–water partition coefficient (Wildman–Crippen LogP) is 4.18. The quantitative estimate of drug-likeness (QED) is 0.580. The normalized spacial score (nSPS) is 11.2. The Morgan fingerprint density at radius 2 is 2.00 bits per heavy atom. The van der Waals surface area contributed by atoms with Crippen molar-refractivity contribution in [3.63, 3.8) is 0 Å². The third kappa shape index (κ3) is 2.94. The smallest absolute Gasteiger partial charge is 0.189 e. The van der Waals surface area contributed by atoms with Gasteiger partial charge in [0.1, 0.15) is 17.6 Å². The van der Waals surface area contributed by atoms with E-state index >= 15 is 0 Å². The molecule has 0 atom stereocenters. The number of hydrogen-bond acceptors (Lipinski definition) is 4. The van der Waals surface area contributed by atoms with E-state index in [4.69, 9.17) is 9.15 Å². The van der Waals surface area contributed by atoms with Crippen molar-refractivity contribution in [1.82, 2.24) is 0 Å². The molecule has 23 heavy (non-hydrogen) atoms. The van der Waals surface area contributed by atoms with Crippen molar-refractivity contribution >= 4 is 22.8 Å². The summed E-state index contributed by atoms with van der Waals surface area (Å²) in [4.78, 5) is 12.3. The highest BCUT2D eigenvalue weighted by Crippen LogP contribution is 2.28. The Morgan fingerprint density at radius 3 is 2.70 bits per heavy atom. The van der Waals surface area contributed by atoms with Crippen molar-refractivity contribution in [2.24, 2.45) is 0 Å². The van der Waals surface area contributed by atoms with Crippen LogP contribution in [0.25, 0.3) is 17.0 Å². The van der Waals surface area contributed by atoms with Gasteiger partial charge < -0.3 is 14.3 Å². The highest BCUT2D eigenvalue weighted by molar-refractivity contribution is 6.14. The first kappa shape index (κ1) is 14.8. The lowest BCUT2D eigenvalue weighted by molar-refractivity contribution is 0.104. The van der Waals surface area contributed by atoms with Gasteiger partial charge in [-0.3, -0.25) is 4.79 Å². The molecule has 0 saturated carbocycles. The lowest BCUT2D eigenvalue weighted by atomic mass is 10.1. The number of aromatic hydroxyl groups is 1. The first-order chi connectivity index (χ1) is 11.1. The number of furan rings is 1. The topological polar surface area (TPSA) is 59.7 Å². The molecule has 1 aromatic heterocycles. The number of rotatable bonds is 4. The highest BCUT2D eigenvalue weighted by atomic mass is 19.1. The number of carbonyl (C=O) groups excluding carboxylic acids is 1. The van der Waals surface area contributed by atoms with Crippen molar-refractivity contribution in [3.8, 4) is 11.5 Å². The van der Waals surface area contributed by atoms with Crippen LogP contribution in [0.15, 0.2) is 53.2 Å². The summed E-state index contributed by atoms with van der Waals surface area (Å²) in [6.07, 6.45) is 4.31. The minimum absolute atomic E-state index is 0.210. The molecule has 0 fully saturated rings. The molecule has 0 aliphatic rings. The molecule has 1 heterocycles. The maximum Gasteiger partial charge on any atom is 0.189 e. The van der Waals surface area contributed by atoms with E-state index in [1.54, 1.807) is 25.3 Å². The average molecular weight is 312 g/mol. The first-order valence-corrected chi connectivity index (χ1v) is 6.84. The van der Waals surface area contributed by atoms with Gasteiger partial charge in [0.25, 0.3) is 0 Å². The Kier molecular flexibility index (Phi) is 3.85. The van der Waals surface area contributed by atoms with Crippen molar-refractivity contribution < 1.29 is 23.4 Å². The number of hydrogen-bond donors (Lipinski definition) is 1. The summed E-state index contributed by atoms with van der Waals surface area (Å²) in [5, 5.41) is 9.81. The Balaban J connectivity index is 1.88. The number of halogens is 1. The molecule has 1 N–H and O–H groups in total. The monoisotopic (exact) mass is 312 g/mol. The Bertz CT molecular complexity index is 891. The standard InChI is InChI=1S/C18H13FO4/c1-22-12-5-2-11(3-6-12)4-7-16(20)14-10-23-18-9-15(19)17(21)8-13(14)18/h2-10,21H,1H3/b7-4+. The van der Waals surface area contributed by atoms with E-state index in [-0.39, 0.29) is 16.9 Å². The molecule has 0 spiro atoms. The van der Waals surface area contributed by atoms with Gasteiger partial charge in [-0.15, -0.1) is 0 Å². The van der Waals surface area contributed by atoms with Crippen LogP contribution in [0.4, 0.5) is 4.39 Å². The fraction of sp³-hybridized carbons (Fsp3) is 0.0556. The number of benzene rings is 2.